The summed E-state index contributed by atoms with van der Waals surface area (Å²) in [5.74, 6) is 0.427. The molecule has 0 spiro atoms. The molecule has 2 aromatic carbocycles. The van der Waals surface area contributed by atoms with Crippen LogP contribution >= 0.6 is 11.8 Å². The summed E-state index contributed by atoms with van der Waals surface area (Å²) in [5, 5.41) is 2.84. The minimum absolute atomic E-state index is 0.00392. The van der Waals surface area contributed by atoms with Crippen LogP contribution in [-0.4, -0.2) is 29.1 Å². The zero-order valence-electron chi connectivity index (χ0n) is 15.1. The Morgan fingerprint density at radius 1 is 1.14 bits per heavy atom. The number of benzene rings is 2. The van der Waals surface area contributed by atoms with Crippen LogP contribution in [0.5, 0.6) is 0 Å². The van der Waals surface area contributed by atoms with Crippen LogP contribution in [0.1, 0.15) is 21.9 Å². The maximum atomic E-state index is 12.3. The Labute approximate surface area is 166 Å². The topological polar surface area (TPSA) is 75.4 Å². The van der Waals surface area contributed by atoms with Crippen LogP contribution in [0.25, 0.3) is 0 Å². The number of para-hydroxylation sites is 1. The molecule has 6 nitrogen and oxygen atoms in total. The first-order valence-electron chi connectivity index (χ1n) is 8.99. The number of nitrogens with zero attached hydrogens (tertiary/aromatic N) is 2. The Hall–Kier alpha value is -3.06. The molecule has 0 aliphatic carbocycles. The molecule has 2 heterocycles. The van der Waals surface area contributed by atoms with E-state index in [0.29, 0.717) is 18.2 Å². The molecule has 3 aromatic rings. The van der Waals surface area contributed by atoms with Gasteiger partial charge >= 0.3 is 0 Å². The van der Waals surface area contributed by atoms with E-state index in [0.717, 1.165) is 22.6 Å². The third-order valence-electron chi connectivity index (χ3n) is 4.43. The Kier molecular flexibility index (Phi) is 5.43. The van der Waals surface area contributed by atoms with E-state index < -0.39 is 0 Å². The summed E-state index contributed by atoms with van der Waals surface area (Å²) in [6.45, 7) is 0.716. The molecule has 0 saturated carbocycles. The zero-order valence-corrected chi connectivity index (χ0v) is 15.9. The van der Waals surface area contributed by atoms with Crippen LogP contribution in [0, 0.1) is 0 Å². The van der Waals surface area contributed by atoms with Gasteiger partial charge in [0.25, 0.3) is 5.91 Å². The van der Waals surface area contributed by atoms with Gasteiger partial charge in [-0.05, 0) is 24.1 Å². The average Bonchev–Trinajstić information content (AvgIpc) is 3.20. The van der Waals surface area contributed by atoms with E-state index in [9.17, 15) is 9.59 Å². The highest BCUT2D eigenvalue weighted by atomic mass is 32.2. The fourth-order valence-electron chi connectivity index (χ4n) is 3.01. The molecular formula is C21H19N3O3S. The highest BCUT2D eigenvalue weighted by molar-refractivity contribution is 8.00. The molecule has 0 radical (unpaired) electrons. The second-order valence-corrected chi connectivity index (χ2v) is 7.37. The molecule has 7 heteroatoms. The van der Waals surface area contributed by atoms with Gasteiger partial charge in [-0.1, -0.05) is 42.5 Å². The lowest BCUT2D eigenvalue weighted by Crippen LogP contribution is -2.34. The molecule has 0 atom stereocenters. The maximum Gasteiger partial charge on any atom is 0.273 e. The Bertz CT molecular complexity index is 987. The second-order valence-electron chi connectivity index (χ2n) is 6.35. The second kappa shape index (κ2) is 8.31. The highest BCUT2D eigenvalue weighted by Gasteiger charge is 2.26. The number of thioether (sulfide) groups is 1. The number of anilines is 1. The number of nitrogens with one attached hydrogen (secondary N) is 1. The summed E-state index contributed by atoms with van der Waals surface area (Å²) in [6.07, 6.45) is 2.08. The van der Waals surface area contributed by atoms with Crippen molar-refractivity contribution in [2.45, 2.75) is 17.9 Å². The lowest BCUT2D eigenvalue weighted by Gasteiger charge is -2.27. The number of oxazole rings is 1. The van der Waals surface area contributed by atoms with Gasteiger partial charge in [-0.2, -0.15) is 0 Å². The average molecular weight is 393 g/mol. The van der Waals surface area contributed by atoms with E-state index in [2.05, 4.69) is 10.3 Å². The predicted octanol–water partition coefficient (Wildman–Crippen LogP) is 3.29. The molecule has 28 heavy (non-hydrogen) atoms. The summed E-state index contributed by atoms with van der Waals surface area (Å²) in [4.78, 5) is 31.6. The monoisotopic (exact) mass is 393 g/mol. The molecule has 142 valence electrons. The van der Waals surface area contributed by atoms with Gasteiger partial charge in [0.15, 0.2) is 5.69 Å². The van der Waals surface area contributed by atoms with E-state index >= 15 is 0 Å². The summed E-state index contributed by atoms with van der Waals surface area (Å²) in [5.41, 5.74) is 2.22. The van der Waals surface area contributed by atoms with Gasteiger partial charge in [-0.3, -0.25) is 9.59 Å². The van der Waals surface area contributed by atoms with Gasteiger partial charge < -0.3 is 14.6 Å². The summed E-state index contributed by atoms with van der Waals surface area (Å²) < 4.78 is 5.44. The van der Waals surface area contributed by atoms with Crippen molar-refractivity contribution in [3.05, 3.63) is 78.0 Å². The third-order valence-corrected chi connectivity index (χ3v) is 5.48. The van der Waals surface area contributed by atoms with E-state index in [1.54, 1.807) is 4.90 Å². The first kappa shape index (κ1) is 18.3. The van der Waals surface area contributed by atoms with Crippen molar-refractivity contribution in [2.75, 3.05) is 17.2 Å². The fourth-order valence-corrected chi connectivity index (χ4v) is 3.94. The highest BCUT2D eigenvalue weighted by Crippen LogP contribution is 2.35. The van der Waals surface area contributed by atoms with Gasteiger partial charge in [0.05, 0.1) is 11.4 Å². The third kappa shape index (κ3) is 4.09. The first-order valence-corrected chi connectivity index (χ1v) is 9.98. The molecule has 4 rings (SSSR count). The molecule has 1 N–H and O–H groups in total. The van der Waals surface area contributed by atoms with E-state index in [1.807, 2.05) is 54.6 Å². The van der Waals surface area contributed by atoms with Crippen LogP contribution in [0.2, 0.25) is 0 Å². The molecule has 0 unspecified atom stereocenters. The molecule has 1 aliphatic heterocycles. The minimum Gasteiger partial charge on any atom is -0.446 e. The molecule has 1 aliphatic rings. The number of amides is 2. The molecule has 1 aromatic heterocycles. The van der Waals surface area contributed by atoms with Crippen LogP contribution in [0.3, 0.4) is 0 Å². The van der Waals surface area contributed by atoms with Gasteiger partial charge in [-0.15, -0.1) is 11.8 Å². The largest absolute Gasteiger partial charge is 0.446 e. The Balaban J connectivity index is 1.38. The minimum atomic E-state index is -0.285. The van der Waals surface area contributed by atoms with Crippen molar-refractivity contribution in [3.63, 3.8) is 0 Å². The number of aromatic nitrogens is 1. The van der Waals surface area contributed by atoms with E-state index in [-0.39, 0.29) is 24.1 Å². The number of hydrogen-bond donors (Lipinski definition) is 1. The van der Waals surface area contributed by atoms with Crippen LogP contribution < -0.4 is 10.2 Å². The van der Waals surface area contributed by atoms with Gasteiger partial charge in [0.1, 0.15) is 12.8 Å². The fraction of sp³-hybridized carbons (Fsp3) is 0.190. The summed E-state index contributed by atoms with van der Waals surface area (Å²) >= 11 is 1.52. The van der Waals surface area contributed by atoms with E-state index in [1.165, 1.54) is 18.0 Å². The van der Waals surface area contributed by atoms with Crippen molar-refractivity contribution >= 4 is 29.3 Å². The summed E-state index contributed by atoms with van der Waals surface area (Å²) in [6, 6.07) is 17.7. The van der Waals surface area contributed by atoms with E-state index in [4.69, 9.17) is 4.42 Å². The van der Waals surface area contributed by atoms with Crippen molar-refractivity contribution in [1.82, 2.24) is 10.3 Å². The van der Waals surface area contributed by atoms with Crippen molar-refractivity contribution in [3.8, 4) is 0 Å². The number of carbonyl (C=O) groups excluding carboxylic acids is 2. The van der Waals surface area contributed by atoms with Crippen LogP contribution in [0.15, 0.2) is 70.2 Å². The summed E-state index contributed by atoms with van der Waals surface area (Å²) in [7, 11) is 0. The van der Waals surface area contributed by atoms with Crippen molar-refractivity contribution in [2.24, 2.45) is 0 Å². The maximum absolute atomic E-state index is 12.3. The lowest BCUT2D eigenvalue weighted by molar-refractivity contribution is -0.116. The molecule has 2 amide bonds. The van der Waals surface area contributed by atoms with Crippen molar-refractivity contribution in [1.29, 1.82) is 0 Å². The number of rotatable bonds is 6. The lowest BCUT2D eigenvalue weighted by atomic mass is 10.1. The number of hydrogen-bond acceptors (Lipinski definition) is 5. The first-order chi connectivity index (χ1) is 13.7. The molecular weight excluding hydrogens is 374 g/mol. The Morgan fingerprint density at radius 2 is 1.93 bits per heavy atom. The Morgan fingerprint density at radius 3 is 2.79 bits per heavy atom. The predicted molar refractivity (Wildman–Crippen MR) is 107 cm³/mol. The zero-order chi connectivity index (χ0) is 19.3. The molecule has 0 fully saturated rings. The van der Waals surface area contributed by atoms with Crippen molar-refractivity contribution < 1.29 is 14.0 Å². The van der Waals surface area contributed by atoms with Crippen LogP contribution in [0.4, 0.5) is 5.69 Å². The number of carbonyl (C=O) groups is 2. The van der Waals surface area contributed by atoms with Gasteiger partial charge in [-0.25, -0.2) is 4.98 Å². The van der Waals surface area contributed by atoms with Crippen LogP contribution in [-0.2, 0) is 17.8 Å². The molecule has 0 bridgehead atoms. The van der Waals surface area contributed by atoms with Gasteiger partial charge in [0, 0.05) is 11.4 Å². The number of fused-ring (bicyclic) bond motifs is 1. The normalized spacial score (nSPS) is 13.3. The molecule has 0 saturated heterocycles. The van der Waals surface area contributed by atoms with Gasteiger partial charge in [0.2, 0.25) is 11.8 Å². The SMILES string of the molecule is O=C(NCCc1ccccc1)c1coc(CN2C(=O)CSc3ccccc32)n1. The quantitative estimate of drug-likeness (QED) is 0.696. The smallest absolute Gasteiger partial charge is 0.273 e. The standard InChI is InChI=1S/C21H19N3O3S/c25-20-14-28-18-9-5-4-8-17(18)24(20)12-19-23-16(13-27-19)21(26)22-11-10-15-6-2-1-3-7-15/h1-9,13H,10-12,14H2,(H,22,26).